The van der Waals surface area contributed by atoms with E-state index in [1.807, 2.05) is 10.9 Å². The average Bonchev–Trinajstić information content (AvgIpc) is 2.44. The number of aromatic nitrogens is 2. The molecule has 2 atom stereocenters. The van der Waals surface area contributed by atoms with Crippen molar-refractivity contribution < 1.29 is 0 Å². The minimum Gasteiger partial charge on any atom is -0.381 e. The molecule has 2 unspecified atom stereocenters. The Bertz CT molecular complexity index is 263. The van der Waals surface area contributed by atoms with E-state index in [1.54, 1.807) is 0 Å². The molecule has 4 heteroatoms. The third kappa shape index (κ3) is 2.24. The van der Waals surface area contributed by atoms with Crippen LogP contribution in [0.3, 0.4) is 0 Å². The van der Waals surface area contributed by atoms with Gasteiger partial charge in [-0.15, -0.1) is 0 Å². The van der Waals surface area contributed by atoms with Crippen molar-refractivity contribution >= 4 is 21.7 Å². The highest BCUT2D eigenvalue weighted by atomic mass is 79.9. The molecule has 1 heterocycles. The molecule has 13 heavy (non-hydrogen) atoms. The van der Waals surface area contributed by atoms with Gasteiger partial charge < -0.3 is 5.73 Å². The summed E-state index contributed by atoms with van der Waals surface area (Å²) in [7, 11) is 0. The van der Waals surface area contributed by atoms with E-state index >= 15 is 0 Å². The Morgan fingerprint density at radius 3 is 2.62 bits per heavy atom. The molecule has 1 aromatic heterocycles. The summed E-state index contributed by atoms with van der Waals surface area (Å²) in [5.74, 6) is 1.18. The maximum Gasteiger partial charge on any atom is 0.159 e. The fraction of sp³-hybridized carbons (Fsp3) is 0.667. The fourth-order valence-corrected chi connectivity index (χ4v) is 1.48. The molecule has 0 aliphatic heterocycles. The minimum absolute atomic E-state index is 0.401. The second-order valence-electron chi connectivity index (χ2n) is 3.47. The van der Waals surface area contributed by atoms with Crippen LogP contribution in [0.4, 0.5) is 5.82 Å². The zero-order valence-electron chi connectivity index (χ0n) is 8.29. The number of nitrogens with two attached hydrogens (primary N) is 1. The number of nitrogen functional groups attached to an aromatic ring is 1. The predicted molar refractivity (Wildman–Crippen MR) is 58.5 cm³/mol. The number of anilines is 1. The minimum atomic E-state index is 0.401. The normalized spacial score (nSPS) is 15.7. The van der Waals surface area contributed by atoms with Crippen LogP contribution < -0.4 is 5.73 Å². The highest BCUT2D eigenvalue weighted by Gasteiger charge is 2.14. The van der Waals surface area contributed by atoms with Crippen molar-refractivity contribution in [3.63, 3.8) is 0 Å². The lowest BCUT2D eigenvalue weighted by molar-refractivity contribution is 0.344. The third-order valence-corrected chi connectivity index (χ3v) is 3.21. The van der Waals surface area contributed by atoms with Crippen LogP contribution in [-0.2, 0) is 0 Å². The number of rotatable bonds is 3. The summed E-state index contributed by atoms with van der Waals surface area (Å²) in [5.41, 5.74) is 5.64. The van der Waals surface area contributed by atoms with Crippen LogP contribution in [0.15, 0.2) is 10.7 Å². The number of hydrogen-bond donors (Lipinski definition) is 1. The summed E-state index contributed by atoms with van der Waals surface area (Å²) in [6.07, 6.45) is 3.09. The maximum atomic E-state index is 5.64. The summed E-state index contributed by atoms with van der Waals surface area (Å²) in [6, 6.07) is 0.401. The first kappa shape index (κ1) is 10.6. The van der Waals surface area contributed by atoms with E-state index in [2.05, 4.69) is 41.8 Å². The Labute approximate surface area is 87.4 Å². The molecule has 74 valence electrons. The molecule has 0 fully saturated rings. The smallest absolute Gasteiger partial charge is 0.159 e. The molecule has 0 saturated heterocycles. The van der Waals surface area contributed by atoms with E-state index in [4.69, 9.17) is 5.73 Å². The van der Waals surface area contributed by atoms with Crippen LogP contribution in [-0.4, -0.2) is 9.78 Å². The second kappa shape index (κ2) is 4.13. The Balaban J connectivity index is 2.82. The van der Waals surface area contributed by atoms with Crippen molar-refractivity contribution in [2.24, 2.45) is 5.92 Å². The molecule has 0 radical (unpaired) electrons. The van der Waals surface area contributed by atoms with Crippen LogP contribution in [0, 0.1) is 5.92 Å². The van der Waals surface area contributed by atoms with E-state index in [0.717, 1.165) is 10.9 Å². The quantitative estimate of drug-likeness (QED) is 0.891. The van der Waals surface area contributed by atoms with Crippen molar-refractivity contribution in [3.8, 4) is 0 Å². The van der Waals surface area contributed by atoms with Crippen molar-refractivity contribution in [2.75, 3.05) is 5.73 Å². The van der Waals surface area contributed by atoms with Gasteiger partial charge in [0.2, 0.25) is 0 Å². The highest BCUT2D eigenvalue weighted by Crippen LogP contribution is 2.24. The van der Waals surface area contributed by atoms with Gasteiger partial charge in [-0.3, -0.25) is 4.68 Å². The first-order valence-electron chi connectivity index (χ1n) is 4.56. The number of hydrogen-bond acceptors (Lipinski definition) is 2. The van der Waals surface area contributed by atoms with E-state index < -0.39 is 0 Å². The molecular formula is C9H16BrN3. The van der Waals surface area contributed by atoms with Crippen molar-refractivity contribution in [2.45, 2.75) is 33.2 Å². The molecule has 1 aromatic rings. The van der Waals surface area contributed by atoms with Crippen LogP contribution in [0.25, 0.3) is 0 Å². The van der Waals surface area contributed by atoms with Gasteiger partial charge in [0, 0.05) is 6.20 Å². The molecular weight excluding hydrogens is 230 g/mol. The summed E-state index contributed by atoms with van der Waals surface area (Å²) < 4.78 is 2.80. The van der Waals surface area contributed by atoms with Crippen LogP contribution in [0.2, 0.25) is 0 Å². The van der Waals surface area contributed by atoms with Gasteiger partial charge in [0.1, 0.15) is 0 Å². The fourth-order valence-electron chi connectivity index (χ4n) is 1.19. The predicted octanol–water partition coefficient (Wildman–Crippen LogP) is 2.83. The third-order valence-electron chi connectivity index (χ3n) is 2.60. The highest BCUT2D eigenvalue weighted by molar-refractivity contribution is 9.10. The van der Waals surface area contributed by atoms with Crippen molar-refractivity contribution in [1.29, 1.82) is 0 Å². The molecule has 0 bridgehead atoms. The van der Waals surface area contributed by atoms with Gasteiger partial charge in [0.15, 0.2) is 5.82 Å². The van der Waals surface area contributed by atoms with Crippen molar-refractivity contribution in [3.05, 3.63) is 10.7 Å². The second-order valence-corrected chi connectivity index (χ2v) is 4.32. The van der Waals surface area contributed by atoms with Crippen LogP contribution >= 0.6 is 15.9 Å². The largest absolute Gasteiger partial charge is 0.381 e. The maximum absolute atomic E-state index is 5.64. The Morgan fingerprint density at radius 2 is 2.23 bits per heavy atom. The molecule has 0 aliphatic carbocycles. The monoisotopic (exact) mass is 245 g/mol. The van der Waals surface area contributed by atoms with Gasteiger partial charge in [0.05, 0.1) is 10.5 Å². The van der Waals surface area contributed by atoms with Crippen LogP contribution in [0.5, 0.6) is 0 Å². The van der Waals surface area contributed by atoms with Gasteiger partial charge >= 0.3 is 0 Å². The molecule has 0 aliphatic rings. The Kier molecular flexibility index (Phi) is 3.36. The Morgan fingerprint density at radius 1 is 1.62 bits per heavy atom. The lowest BCUT2D eigenvalue weighted by Crippen LogP contribution is -2.14. The van der Waals surface area contributed by atoms with E-state index in [-0.39, 0.29) is 0 Å². The summed E-state index contributed by atoms with van der Waals surface area (Å²) in [4.78, 5) is 0. The van der Waals surface area contributed by atoms with Gasteiger partial charge in [-0.1, -0.05) is 20.3 Å². The van der Waals surface area contributed by atoms with Gasteiger partial charge in [-0.25, -0.2) is 0 Å². The summed E-state index contributed by atoms with van der Waals surface area (Å²) in [6.45, 7) is 6.56. The topological polar surface area (TPSA) is 43.8 Å². The molecule has 0 aromatic carbocycles. The van der Waals surface area contributed by atoms with E-state index in [9.17, 15) is 0 Å². The lowest BCUT2D eigenvalue weighted by Gasteiger charge is -2.18. The van der Waals surface area contributed by atoms with Gasteiger partial charge in [0.25, 0.3) is 0 Å². The summed E-state index contributed by atoms with van der Waals surface area (Å²) >= 11 is 3.35. The Hall–Kier alpha value is -0.510. The molecule has 0 saturated carbocycles. The standard InChI is InChI=1S/C9H16BrN3/c1-4-6(2)7(3)13-5-8(10)9(11)12-13/h5-7H,4H2,1-3H3,(H2,11,12). The first-order chi connectivity index (χ1) is 6.06. The molecule has 2 N–H and O–H groups in total. The summed E-state index contributed by atoms with van der Waals surface area (Å²) in [5, 5.41) is 4.23. The lowest BCUT2D eigenvalue weighted by atomic mass is 10.0. The first-order valence-corrected chi connectivity index (χ1v) is 5.35. The average molecular weight is 246 g/mol. The molecule has 3 nitrogen and oxygen atoms in total. The molecule has 1 rings (SSSR count). The zero-order chi connectivity index (χ0) is 10.0. The molecule has 0 amide bonds. The van der Waals surface area contributed by atoms with Gasteiger partial charge in [-0.05, 0) is 28.8 Å². The van der Waals surface area contributed by atoms with Gasteiger partial charge in [-0.2, -0.15) is 5.10 Å². The van der Waals surface area contributed by atoms with E-state index in [1.165, 1.54) is 0 Å². The van der Waals surface area contributed by atoms with E-state index in [0.29, 0.717) is 17.8 Å². The number of nitrogens with zero attached hydrogens (tertiary/aromatic N) is 2. The molecule has 0 spiro atoms. The van der Waals surface area contributed by atoms with Crippen molar-refractivity contribution in [1.82, 2.24) is 9.78 Å². The zero-order valence-corrected chi connectivity index (χ0v) is 9.87. The number of halogens is 1. The SMILES string of the molecule is CCC(C)C(C)n1cc(Br)c(N)n1. The van der Waals surface area contributed by atoms with Crippen LogP contribution in [0.1, 0.15) is 33.2 Å².